The van der Waals surface area contributed by atoms with Gasteiger partial charge in [0.15, 0.2) is 0 Å². The van der Waals surface area contributed by atoms with Crippen molar-refractivity contribution in [1.82, 2.24) is 0 Å². The molecule has 1 rings (SSSR count). The number of carboxylic acid groups (broad SMARTS) is 1. The number of hydrogen-bond donors (Lipinski definition) is 2. The summed E-state index contributed by atoms with van der Waals surface area (Å²) in [7, 11) is 0. The predicted molar refractivity (Wildman–Crippen MR) is 55.2 cm³/mol. The first-order valence-electron chi connectivity index (χ1n) is 4.55. The van der Waals surface area contributed by atoms with Crippen molar-refractivity contribution in [3.63, 3.8) is 0 Å². The van der Waals surface area contributed by atoms with Gasteiger partial charge in [-0.05, 0) is 37.0 Å². The first kappa shape index (κ1) is 10.7. The zero-order valence-electron chi connectivity index (χ0n) is 8.45. The highest BCUT2D eigenvalue weighted by Crippen LogP contribution is 2.11. The fraction of sp³-hybridized carbons (Fsp3) is 0.364. The zero-order chi connectivity index (χ0) is 10.7. The summed E-state index contributed by atoms with van der Waals surface area (Å²) in [5, 5.41) is 8.64. The standard InChI is InChI=1S/C11H15NO2/c1-7-3-4-9(5-8(7)2)6-10(12)11(13)14/h3-5,10H,6,12H2,1-2H3,(H,13,14)/t10-/m0/s1. The van der Waals surface area contributed by atoms with Crippen LogP contribution in [-0.2, 0) is 11.2 Å². The van der Waals surface area contributed by atoms with Gasteiger partial charge in [-0.3, -0.25) is 4.79 Å². The number of rotatable bonds is 3. The van der Waals surface area contributed by atoms with Crippen LogP contribution in [0.15, 0.2) is 18.2 Å². The lowest BCUT2D eigenvalue weighted by Crippen LogP contribution is -2.32. The molecule has 1 atom stereocenters. The SMILES string of the molecule is Cc1ccc(C[C@H](N)C(=O)O)cc1C. The van der Waals surface area contributed by atoms with Gasteiger partial charge in [-0.2, -0.15) is 0 Å². The largest absolute Gasteiger partial charge is 0.480 e. The zero-order valence-corrected chi connectivity index (χ0v) is 8.45. The third kappa shape index (κ3) is 2.57. The Balaban J connectivity index is 2.78. The van der Waals surface area contributed by atoms with Crippen LogP contribution in [0.2, 0.25) is 0 Å². The van der Waals surface area contributed by atoms with Crippen LogP contribution in [0.3, 0.4) is 0 Å². The summed E-state index contributed by atoms with van der Waals surface area (Å²) in [5.41, 5.74) is 8.78. The summed E-state index contributed by atoms with van der Waals surface area (Å²) in [6, 6.07) is 5.08. The van der Waals surface area contributed by atoms with Crippen LogP contribution in [0.4, 0.5) is 0 Å². The minimum absolute atomic E-state index is 0.385. The van der Waals surface area contributed by atoms with Crippen molar-refractivity contribution in [2.24, 2.45) is 5.73 Å². The summed E-state index contributed by atoms with van der Waals surface area (Å²) in [6.45, 7) is 4.03. The Kier molecular flexibility index (Phi) is 3.25. The first-order valence-corrected chi connectivity index (χ1v) is 4.55. The van der Waals surface area contributed by atoms with Gasteiger partial charge in [-0.25, -0.2) is 0 Å². The van der Waals surface area contributed by atoms with Crippen molar-refractivity contribution in [2.45, 2.75) is 26.3 Å². The van der Waals surface area contributed by atoms with Crippen LogP contribution in [0.1, 0.15) is 16.7 Å². The molecule has 0 saturated carbocycles. The van der Waals surface area contributed by atoms with Crippen LogP contribution in [-0.4, -0.2) is 17.1 Å². The average molecular weight is 193 g/mol. The Morgan fingerprint density at radius 2 is 2.07 bits per heavy atom. The van der Waals surface area contributed by atoms with Gasteiger partial charge in [0.25, 0.3) is 0 Å². The quantitative estimate of drug-likeness (QED) is 0.759. The van der Waals surface area contributed by atoms with E-state index in [4.69, 9.17) is 10.8 Å². The normalized spacial score (nSPS) is 12.5. The Bertz CT molecular complexity index is 347. The maximum absolute atomic E-state index is 10.5. The monoisotopic (exact) mass is 193 g/mol. The molecular weight excluding hydrogens is 178 g/mol. The fourth-order valence-corrected chi connectivity index (χ4v) is 1.27. The molecule has 1 aromatic rings. The maximum Gasteiger partial charge on any atom is 0.320 e. The lowest BCUT2D eigenvalue weighted by atomic mass is 10.0. The van der Waals surface area contributed by atoms with E-state index in [-0.39, 0.29) is 0 Å². The molecule has 0 aromatic heterocycles. The number of nitrogens with two attached hydrogens (primary N) is 1. The number of hydrogen-bond acceptors (Lipinski definition) is 2. The van der Waals surface area contributed by atoms with E-state index >= 15 is 0 Å². The molecule has 3 heteroatoms. The second-order valence-electron chi connectivity index (χ2n) is 3.57. The first-order chi connectivity index (χ1) is 6.50. The summed E-state index contributed by atoms with van der Waals surface area (Å²) >= 11 is 0. The Morgan fingerprint density at radius 3 is 2.57 bits per heavy atom. The van der Waals surface area contributed by atoms with Crippen molar-refractivity contribution in [3.8, 4) is 0 Å². The number of aliphatic carboxylic acids is 1. The number of carbonyl (C=O) groups is 1. The molecule has 0 radical (unpaired) electrons. The van der Waals surface area contributed by atoms with Crippen LogP contribution in [0.25, 0.3) is 0 Å². The van der Waals surface area contributed by atoms with E-state index in [2.05, 4.69) is 0 Å². The predicted octanol–water partition coefficient (Wildman–Crippen LogP) is 1.26. The third-order valence-electron chi connectivity index (χ3n) is 2.34. The van der Waals surface area contributed by atoms with Gasteiger partial charge >= 0.3 is 5.97 Å². The van der Waals surface area contributed by atoms with Gasteiger partial charge in [-0.15, -0.1) is 0 Å². The Hall–Kier alpha value is -1.35. The van der Waals surface area contributed by atoms with Gasteiger partial charge < -0.3 is 10.8 Å². The van der Waals surface area contributed by atoms with Gasteiger partial charge in [-0.1, -0.05) is 18.2 Å². The molecular formula is C11H15NO2. The molecule has 3 nitrogen and oxygen atoms in total. The summed E-state index contributed by atoms with van der Waals surface area (Å²) in [5.74, 6) is -0.955. The van der Waals surface area contributed by atoms with E-state index < -0.39 is 12.0 Å². The highest BCUT2D eigenvalue weighted by molar-refractivity contribution is 5.73. The van der Waals surface area contributed by atoms with E-state index in [1.54, 1.807) is 0 Å². The smallest absolute Gasteiger partial charge is 0.320 e. The summed E-state index contributed by atoms with van der Waals surface area (Å²) < 4.78 is 0. The van der Waals surface area contributed by atoms with Crippen molar-refractivity contribution in [1.29, 1.82) is 0 Å². The van der Waals surface area contributed by atoms with Crippen LogP contribution in [0, 0.1) is 13.8 Å². The Morgan fingerprint density at radius 1 is 1.43 bits per heavy atom. The topological polar surface area (TPSA) is 63.3 Å². The van der Waals surface area contributed by atoms with Crippen LogP contribution in [0.5, 0.6) is 0 Å². The molecule has 3 N–H and O–H groups in total. The lowest BCUT2D eigenvalue weighted by molar-refractivity contribution is -0.138. The van der Waals surface area contributed by atoms with Gasteiger partial charge in [0.05, 0.1) is 0 Å². The van der Waals surface area contributed by atoms with Crippen molar-refractivity contribution in [2.75, 3.05) is 0 Å². The molecule has 0 spiro atoms. The highest BCUT2D eigenvalue weighted by Gasteiger charge is 2.11. The van der Waals surface area contributed by atoms with E-state index in [0.717, 1.165) is 5.56 Å². The fourth-order valence-electron chi connectivity index (χ4n) is 1.27. The highest BCUT2D eigenvalue weighted by atomic mass is 16.4. The average Bonchev–Trinajstić information content (AvgIpc) is 2.11. The molecule has 1 aromatic carbocycles. The molecule has 0 bridgehead atoms. The molecule has 76 valence electrons. The van der Waals surface area contributed by atoms with Crippen LogP contribution < -0.4 is 5.73 Å². The molecule has 14 heavy (non-hydrogen) atoms. The van der Waals surface area contributed by atoms with Crippen molar-refractivity contribution in [3.05, 3.63) is 34.9 Å². The number of aryl methyl sites for hydroxylation is 2. The minimum Gasteiger partial charge on any atom is -0.480 e. The van der Waals surface area contributed by atoms with E-state index in [1.807, 2.05) is 32.0 Å². The number of benzene rings is 1. The molecule has 0 saturated heterocycles. The van der Waals surface area contributed by atoms with E-state index in [9.17, 15) is 4.79 Å². The van der Waals surface area contributed by atoms with E-state index in [1.165, 1.54) is 11.1 Å². The summed E-state index contributed by atoms with van der Waals surface area (Å²) in [6.07, 6.45) is 0.385. The summed E-state index contributed by atoms with van der Waals surface area (Å²) in [4.78, 5) is 10.5. The third-order valence-corrected chi connectivity index (χ3v) is 2.34. The Labute approximate surface area is 83.6 Å². The van der Waals surface area contributed by atoms with Crippen molar-refractivity contribution < 1.29 is 9.90 Å². The molecule has 0 unspecified atom stereocenters. The van der Waals surface area contributed by atoms with E-state index in [0.29, 0.717) is 6.42 Å². The molecule has 0 amide bonds. The molecule has 0 aliphatic rings. The molecule has 0 aliphatic carbocycles. The minimum atomic E-state index is -0.955. The lowest BCUT2D eigenvalue weighted by Gasteiger charge is -2.08. The van der Waals surface area contributed by atoms with Gasteiger partial charge in [0.2, 0.25) is 0 Å². The molecule has 0 aliphatic heterocycles. The van der Waals surface area contributed by atoms with Gasteiger partial charge in [0.1, 0.15) is 6.04 Å². The van der Waals surface area contributed by atoms with Crippen molar-refractivity contribution >= 4 is 5.97 Å². The van der Waals surface area contributed by atoms with Crippen LogP contribution >= 0.6 is 0 Å². The number of carboxylic acids is 1. The maximum atomic E-state index is 10.5. The molecule has 0 heterocycles. The van der Waals surface area contributed by atoms with Gasteiger partial charge in [0, 0.05) is 0 Å². The second kappa shape index (κ2) is 4.24. The molecule has 0 fully saturated rings. The second-order valence-corrected chi connectivity index (χ2v) is 3.57.